The van der Waals surface area contributed by atoms with Crippen LogP contribution in [-0.2, 0) is 4.79 Å². The first-order valence-corrected chi connectivity index (χ1v) is 6.48. The SMILES string of the molecule is CC(CC(=O)O)CN(C)c1cccc2ccccc12. The number of carboxylic acids is 1. The molecular weight excluding hydrogens is 238 g/mol. The first-order valence-electron chi connectivity index (χ1n) is 6.48. The number of nitrogens with zero attached hydrogens (tertiary/aromatic N) is 1. The molecule has 0 saturated carbocycles. The number of aliphatic carboxylic acids is 1. The molecule has 2 rings (SSSR count). The van der Waals surface area contributed by atoms with Crippen LogP contribution >= 0.6 is 0 Å². The van der Waals surface area contributed by atoms with E-state index in [9.17, 15) is 4.79 Å². The summed E-state index contributed by atoms with van der Waals surface area (Å²) < 4.78 is 0. The van der Waals surface area contributed by atoms with E-state index in [0.717, 1.165) is 12.2 Å². The fourth-order valence-corrected chi connectivity index (χ4v) is 2.47. The highest BCUT2D eigenvalue weighted by Crippen LogP contribution is 2.26. The standard InChI is InChI=1S/C16H19NO2/c1-12(10-16(18)19)11-17(2)15-9-5-7-13-6-3-4-8-14(13)15/h3-9,12H,10-11H2,1-2H3,(H,18,19). The Balaban J connectivity index is 2.21. The van der Waals surface area contributed by atoms with Gasteiger partial charge in [0.05, 0.1) is 0 Å². The van der Waals surface area contributed by atoms with Crippen molar-refractivity contribution in [2.45, 2.75) is 13.3 Å². The normalized spacial score (nSPS) is 12.3. The first kappa shape index (κ1) is 13.4. The zero-order valence-electron chi connectivity index (χ0n) is 11.3. The van der Waals surface area contributed by atoms with Gasteiger partial charge < -0.3 is 10.0 Å². The van der Waals surface area contributed by atoms with Crippen molar-refractivity contribution in [1.82, 2.24) is 0 Å². The fourth-order valence-electron chi connectivity index (χ4n) is 2.47. The van der Waals surface area contributed by atoms with Crippen molar-refractivity contribution in [1.29, 1.82) is 0 Å². The molecule has 0 heterocycles. The number of rotatable bonds is 5. The fraction of sp³-hybridized carbons (Fsp3) is 0.312. The average molecular weight is 257 g/mol. The second kappa shape index (κ2) is 5.74. The summed E-state index contributed by atoms with van der Waals surface area (Å²) in [6, 6.07) is 14.5. The summed E-state index contributed by atoms with van der Waals surface area (Å²) in [7, 11) is 2.01. The van der Waals surface area contributed by atoms with Crippen molar-refractivity contribution in [2.75, 3.05) is 18.5 Å². The summed E-state index contributed by atoms with van der Waals surface area (Å²) in [6.07, 6.45) is 0.203. The smallest absolute Gasteiger partial charge is 0.303 e. The van der Waals surface area contributed by atoms with E-state index in [1.807, 2.05) is 32.2 Å². The summed E-state index contributed by atoms with van der Waals surface area (Å²) in [5.74, 6) is -0.611. The maximum Gasteiger partial charge on any atom is 0.303 e. The molecule has 2 aromatic carbocycles. The van der Waals surface area contributed by atoms with Gasteiger partial charge in [-0.3, -0.25) is 4.79 Å². The minimum atomic E-state index is -0.737. The summed E-state index contributed by atoms with van der Waals surface area (Å²) in [5.41, 5.74) is 1.15. The molecule has 1 N–H and O–H groups in total. The number of carbonyl (C=O) groups is 1. The molecule has 0 saturated heterocycles. The van der Waals surface area contributed by atoms with Gasteiger partial charge in [-0.2, -0.15) is 0 Å². The van der Waals surface area contributed by atoms with E-state index in [-0.39, 0.29) is 12.3 Å². The van der Waals surface area contributed by atoms with Gasteiger partial charge in [0.25, 0.3) is 0 Å². The Morgan fingerprint density at radius 1 is 1.21 bits per heavy atom. The second-order valence-corrected chi connectivity index (χ2v) is 5.08. The van der Waals surface area contributed by atoms with Gasteiger partial charge in [-0.05, 0) is 17.4 Å². The third kappa shape index (κ3) is 3.25. The Bertz CT molecular complexity index is 574. The summed E-state index contributed by atoms with van der Waals surface area (Å²) >= 11 is 0. The number of hydrogen-bond acceptors (Lipinski definition) is 2. The lowest BCUT2D eigenvalue weighted by molar-refractivity contribution is -0.137. The van der Waals surface area contributed by atoms with Gasteiger partial charge >= 0.3 is 5.97 Å². The molecular formula is C16H19NO2. The minimum absolute atomic E-state index is 0.126. The van der Waals surface area contributed by atoms with E-state index >= 15 is 0 Å². The second-order valence-electron chi connectivity index (χ2n) is 5.08. The van der Waals surface area contributed by atoms with Gasteiger partial charge in [0, 0.05) is 31.1 Å². The van der Waals surface area contributed by atoms with Gasteiger partial charge in [0.1, 0.15) is 0 Å². The molecule has 0 amide bonds. The van der Waals surface area contributed by atoms with Crippen molar-refractivity contribution in [2.24, 2.45) is 5.92 Å². The van der Waals surface area contributed by atoms with E-state index in [0.29, 0.717) is 0 Å². The Kier molecular flexibility index (Phi) is 4.05. The van der Waals surface area contributed by atoms with Crippen LogP contribution in [0.15, 0.2) is 42.5 Å². The molecule has 100 valence electrons. The minimum Gasteiger partial charge on any atom is -0.481 e. The van der Waals surface area contributed by atoms with Crippen LogP contribution in [0.3, 0.4) is 0 Å². The van der Waals surface area contributed by atoms with Crippen LogP contribution in [0, 0.1) is 5.92 Å². The molecule has 0 spiro atoms. The molecule has 3 heteroatoms. The largest absolute Gasteiger partial charge is 0.481 e. The van der Waals surface area contributed by atoms with Crippen LogP contribution < -0.4 is 4.90 Å². The number of carboxylic acid groups (broad SMARTS) is 1. The lowest BCUT2D eigenvalue weighted by Crippen LogP contribution is -2.25. The van der Waals surface area contributed by atoms with Crippen molar-refractivity contribution in [3.63, 3.8) is 0 Å². The maximum absolute atomic E-state index is 10.7. The predicted octanol–water partition coefficient (Wildman–Crippen LogP) is 3.39. The van der Waals surface area contributed by atoms with Gasteiger partial charge in [-0.25, -0.2) is 0 Å². The summed E-state index contributed by atoms with van der Waals surface area (Å²) in [6.45, 7) is 2.70. The van der Waals surface area contributed by atoms with Crippen molar-refractivity contribution in [3.8, 4) is 0 Å². The Hall–Kier alpha value is -2.03. The number of fused-ring (bicyclic) bond motifs is 1. The van der Waals surface area contributed by atoms with E-state index in [4.69, 9.17) is 5.11 Å². The molecule has 0 aliphatic heterocycles. The third-order valence-electron chi connectivity index (χ3n) is 3.29. The quantitative estimate of drug-likeness (QED) is 0.892. The molecule has 0 aliphatic carbocycles. The molecule has 2 aromatic rings. The van der Waals surface area contributed by atoms with Crippen LogP contribution in [0.1, 0.15) is 13.3 Å². The topological polar surface area (TPSA) is 40.5 Å². The van der Waals surface area contributed by atoms with E-state index in [1.165, 1.54) is 10.8 Å². The molecule has 0 radical (unpaired) electrons. The molecule has 0 aromatic heterocycles. The van der Waals surface area contributed by atoms with Crippen LogP contribution in [0.2, 0.25) is 0 Å². The molecule has 0 fully saturated rings. The Labute approximate surface area is 113 Å². The van der Waals surface area contributed by atoms with Crippen molar-refractivity contribution >= 4 is 22.4 Å². The van der Waals surface area contributed by atoms with Gasteiger partial charge in [0.2, 0.25) is 0 Å². The highest BCUT2D eigenvalue weighted by atomic mass is 16.4. The van der Waals surface area contributed by atoms with Gasteiger partial charge in [-0.15, -0.1) is 0 Å². The maximum atomic E-state index is 10.7. The van der Waals surface area contributed by atoms with Crippen molar-refractivity contribution < 1.29 is 9.90 Å². The van der Waals surface area contributed by atoms with Crippen molar-refractivity contribution in [3.05, 3.63) is 42.5 Å². The monoisotopic (exact) mass is 257 g/mol. The summed E-state index contributed by atoms with van der Waals surface area (Å²) in [5, 5.41) is 11.2. The number of benzene rings is 2. The molecule has 0 aliphatic rings. The lowest BCUT2D eigenvalue weighted by atomic mass is 10.1. The number of hydrogen-bond donors (Lipinski definition) is 1. The molecule has 1 unspecified atom stereocenters. The van der Waals surface area contributed by atoms with E-state index in [1.54, 1.807) is 0 Å². The lowest BCUT2D eigenvalue weighted by Gasteiger charge is -2.24. The zero-order valence-corrected chi connectivity index (χ0v) is 11.3. The first-order chi connectivity index (χ1) is 9.08. The van der Waals surface area contributed by atoms with Crippen LogP contribution in [0.4, 0.5) is 5.69 Å². The van der Waals surface area contributed by atoms with Crippen LogP contribution in [0.5, 0.6) is 0 Å². The van der Waals surface area contributed by atoms with E-state index < -0.39 is 5.97 Å². The predicted molar refractivity (Wildman–Crippen MR) is 78.6 cm³/mol. The van der Waals surface area contributed by atoms with Gasteiger partial charge in [-0.1, -0.05) is 43.3 Å². The zero-order chi connectivity index (χ0) is 13.8. The highest BCUT2D eigenvalue weighted by molar-refractivity contribution is 5.94. The summed E-state index contributed by atoms with van der Waals surface area (Å²) in [4.78, 5) is 12.9. The molecule has 0 bridgehead atoms. The van der Waals surface area contributed by atoms with Crippen LogP contribution in [-0.4, -0.2) is 24.7 Å². The van der Waals surface area contributed by atoms with E-state index in [2.05, 4.69) is 29.2 Å². The third-order valence-corrected chi connectivity index (χ3v) is 3.29. The molecule has 3 nitrogen and oxygen atoms in total. The Morgan fingerprint density at radius 2 is 1.89 bits per heavy atom. The molecule has 1 atom stereocenters. The highest BCUT2D eigenvalue weighted by Gasteiger charge is 2.12. The van der Waals surface area contributed by atoms with Gasteiger partial charge in [0.15, 0.2) is 0 Å². The Morgan fingerprint density at radius 3 is 2.63 bits per heavy atom. The molecule has 19 heavy (non-hydrogen) atoms. The number of anilines is 1. The van der Waals surface area contributed by atoms with Crippen LogP contribution in [0.25, 0.3) is 10.8 Å². The average Bonchev–Trinajstić information content (AvgIpc) is 2.36.